The summed E-state index contributed by atoms with van der Waals surface area (Å²) in [5, 5.41) is 4.40. The number of hydrogen-bond donors (Lipinski definition) is 0. The molecule has 1 aromatic heterocycles. The fourth-order valence-electron chi connectivity index (χ4n) is 3.89. The second kappa shape index (κ2) is 7.88. The third-order valence-electron chi connectivity index (χ3n) is 5.33. The van der Waals surface area contributed by atoms with Gasteiger partial charge in [-0.25, -0.2) is 0 Å². The fraction of sp³-hybridized carbons (Fsp3) is 0.261. The van der Waals surface area contributed by atoms with E-state index in [0.717, 1.165) is 37.1 Å². The molecule has 2 nitrogen and oxygen atoms in total. The Kier molecular flexibility index (Phi) is 5.16. The van der Waals surface area contributed by atoms with Gasteiger partial charge in [-0.15, -0.1) is 0 Å². The molecule has 1 aliphatic rings. The summed E-state index contributed by atoms with van der Waals surface area (Å²) in [4.78, 5) is 15.5. The largest absolute Gasteiger partial charge is 0.342 e. The molecule has 0 N–H and O–H groups in total. The molecule has 2 heterocycles. The van der Waals surface area contributed by atoms with E-state index in [1.165, 1.54) is 5.56 Å². The lowest BCUT2D eigenvalue weighted by Gasteiger charge is -2.34. The minimum Gasteiger partial charge on any atom is -0.342 e. The van der Waals surface area contributed by atoms with E-state index in [1.807, 2.05) is 36.4 Å². The highest BCUT2D eigenvalue weighted by Gasteiger charge is 2.30. The first-order valence-electron chi connectivity index (χ1n) is 9.23. The maximum Gasteiger partial charge on any atom is 0.234 e. The summed E-state index contributed by atoms with van der Waals surface area (Å²) >= 11 is 1.76. The van der Waals surface area contributed by atoms with Crippen LogP contribution in [0.4, 0.5) is 0 Å². The van der Waals surface area contributed by atoms with Crippen LogP contribution in [0.15, 0.2) is 77.5 Å². The summed E-state index contributed by atoms with van der Waals surface area (Å²) < 4.78 is 0. The van der Waals surface area contributed by atoms with Crippen LogP contribution in [0.3, 0.4) is 0 Å². The number of amides is 1. The normalized spacial score (nSPS) is 15.3. The Balaban J connectivity index is 1.54. The molecule has 0 saturated carbocycles. The fourth-order valence-corrected chi connectivity index (χ4v) is 4.63. The van der Waals surface area contributed by atoms with Crippen molar-refractivity contribution >= 4 is 17.2 Å². The number of piperidine rings is 1. The zero-order valence-electron chi connectivity index (χ0n) is 14.8. The maximum absolute atomic E-state index is 13.4. The van der Waals surface area contributed by atoms with Crippen LogP contribution in [0.1, 0.15) is 41.4 Å². The molecular weight excluding hydrogens is 338 g/mol. The van der Waals surface area contributed by atoms with Gasteiger partial charge in [0.2, 0.25) is 5.91 Å². The number of nitrogens with zero attached hydrogens (tertiary/aromatic N) is 1. The summed E-state index contributed by atoms with van der Waals surface area (Å²) in [5.41, 5.74) is 3.58. The van der Waals surface area contributed by atoms with E-state index < -0.39 is 0 Å². The Hall–Kier alpha value is -2.39. The van der Waals surface area contributed by atoms with Gasteiger partial charge in [0.1, 0.15) is 0 Å². The highest BCUT2D eigenvalue weighted by Crippen LogP contribution is 2.32. The van der Waals surface area contributed by atoms with E-state index in [4.69, 9.17) is 0 Å². The van der Waals surface area contributed by atoms with E-state index >= 15 is 0 Å². The van der Waals surface area contributed by atoms with Crippen LogP contribution in [-0.4, -0.2) is 23.9 Å². The van der Waals surface area contributed by atoms with Crippen LogP contribution in [0.2, 0.25) is 0 Å². The predicted molar refractivity (Wildman–Crippen MR) is 108 cm³/mol. The number of benzene rings is 2. The molecule has 1 amide bonds. The first-order chi connectivity index (χ1) is 12.8. The molecule has 26 heavy (non-hydrogen) atoms. The van der Waals surface area contributed by atoms with Crippen molar-refractivity contribution in [1.29, 1.82) is 0 Å². The number of thiophene rings is 1. The highest BCUT2D eigenvalue weighted by molar-refractivity contribution is 7.07. The van der Waals surface area contributed by atoms with E-state index in [2.05, 4.69) is 46.0 Å². The molecule has 3 heteroatoms. The molecule has 0 aliphatic carbocycles. The van der Waals surface area contributed by atoms with Crippen molar-refractivity contribution in [2.45, 2.75) is 24.7 Å². The number of likely N-dealkylation sites (tertiary alicyclic amines) is 1. The van der Waals surface area contributed by atoms with Crippen molar-refractivity contribution in [3.05, 3.63) is 94.2 Å². The molecule has 0 bridgehead atoms. The Morgan fingerprint density at radius 2 is 1.46 bits per heavy atom. The molecule has 2 aromatic carbocycles. The van der Waals surface area contributed by atoms with Gasteiger partial charge < -0.3 is 4.90 Å². The average Bonchev–Trinajstić information content (AvgIpc) is 3.25. The van der Waals surface area contributed by atoms with Gasteiger partial charge in [-0.3, -0.25) is 4.79 Å². The van der Waals surface area contributed by atoms with Crippen molar-refractivity contribution in [2.75, 3.05) is 13.1 Å². The molecule has 0 spiro atoms. The van der Waals surface area contributed by atoms with E-state index in [1.54, 1.807) is 11.3 Å². The standard InChI is InChI=1S/C23H23NOS/c25-23(24-14-11-18(12-15-24)21-13-16-26-17-21)22(19-7-3-1-4-8-19)20-9-5-2-6-10-20/h1-10,13,16-18,22H,11-12,14-15H2. The third kappa shape index (κ3) is 3.58. The minimum absolute atomic E-state index is 0.213. The van der Waals surface area contributed by atoms with Crippen LogP contribution in [-0.2, 0) is 4.79 Å². The van der Waals surface area contributed by atoms with Gasteiger partial charge in [0.25, 0.3) is 0 Å². The lowest BCUT2D eigenvalue weighted by molar-refractivity contribution is -0.132. The highest BCUT2D eigenvalue weighted by atomic mass is 32.1. The van der Waals surface area contributed by atoms with Crippen molar-refractivity contribution in [2.24, 2.45) is 0 Å². The number of carbonyl (C=O) groups excluding carboxylic acids is 1. The topological polar surface area (TPSA) is 20.3 Å². The van der Waals surface area contributed by atoms with Crippen LogP contribution in [0, 0.1) is 0 Å². The smallest absolute Gasteiger partial charge is 0.234 e. The molecule has 0 atom stereocenters. The molecule has 132 valence electrons. The molecular formula is C23H23NOS. The van der Waals surface area contributed by atoms with Gasteiger partial charge in [-0.05, 0) is 52.3 Å². The summed E-state index contributed by atoms with van der Waals surface area (Å²) in [6.07, 6.45) is 2.11. The van der Waals surface area contributed by atoms with Crippen molar-refractivity contribution < 1.29 is 4.79 Å². The quantitative estimate of drug-likeness (QED) is 0.618. The first-order valence-corrected chi connectivity index (χ1v) is 10.2. The number of rotatable bonds is 4. The molecule has 4 rings (SSSR count). The zero-order valence-corrected chi connectivity index (χ0v) is 15.6. The summed E-state index contributed by atoms with van der Waals surface area (Å²) in [5.74, 6) is 0.610. The predicted octanol–water partition coefficient (Wildman–Crippen LogP) is 5.29. The van der Waals surface area contributed by atoms with Gasteiger partial charge in [0, 0.05) is 13.1 Å². The summed E-state index contributed by atoms with van der Waals surface area (Å²) in [6, 6.07) is 22.5. The number of carbonyl (C=O) groups is 1. The monoisotopic (exact) mass is 361 g/mol. The van der Waals surface area contributed by atoms with Gasteiger partial charge in [-0.1, -0.05) is 60.7 Å². The number of hydrogen-bond acceptors (Lipinski definition) is 2. The van der Waals surface area contributed by atoms with E-state index in [9.17, 15) is 4.79 Å². The van der Waals surface area contributed by atoms with Gasteiger partial charge in [-0.2, -0.15) is 11.3 Å². The second-order valence-corrected chi connectivity index (χ2v) is 7.69. The minimum atomic E-state index is -0.213. The van der Waals surface area contributed by atoms with Gasteiger partial charge >= 0.3 is 0 Å². The first kappa shape index (κ1) is 17.0. The molecule has 0 radical (unpaired) electrons. The average molecular weight is 362 g/mol. The van der Waals surface area contributed by atoms with Crippen molar-refractivity contribution in [1.82, 2.24) is 4.90 Å². The van der Waals surface area contributed by atoms with Crippen molar-refractivity contribution in [3.63, 3.8) is 0 Å². The lowest BCUT2D eigenvalue weighted by atomic mass is 9.87. The summed E-state index contributed by atoms with van der Waals surface area (Å²) in [7, 11) is 0. The lowest BCUT2D eigenvalue weighted by Crippen LogP contribution is -2.41. The van der Waals surface area contributed by atoms with Crippen molar-refractivity contribution in [3.8, 4) is 0 Å². The maximum atomic E-state index is 13.4. The molecule has 1 fully saturated rings. The van der Waals surface area contributed by atoms with Crippen LogP contribution in [0.25, 0.3) is 0 Å². The van der Waals surface area contributed by atoms with Crippen LogP contribution >= 0.6 is 11.3 Å². The molecule has 0 unspecified atom stereocenters. The second-order valence-electron chi connectivity index (χ2n) is 6.91. The van der Waals surface area contributed by atoms with Crippen LogP contribution in [0.5, 0.6) is 0 Å². The van der Waals surface area contributed by atoms with Gasteiger partial charge in [0.05, 0.1) is 5.92 Å². The third-order valence-corrected chi connectivity index (χ3v) is 6.04. The summed E-state index contributed by atoms with van der Waals surface area (Å²) in [6.45, 7) is 1.69. The Morgan fingerprint density at radius 1 is 0.885 bits per heavy atom. The van der Waals surface area contributed by atoms with Gasteiger partial charge in [0.15, 0.2) is 0 Å². The van der Waals surface area contributed by atoms with E-state index in [-0.39, 0.29) is 11.8 Å². The molecule has 3 aromatic rings. The van der Waals surface area contributed by atoms with E-state index in [0.29, 0.717) is 5.92 Å². The SMILES string of the molecule is O=C(C(c1ccccc1)c1ccccc1)N1CCC(c2ccsc2)CC1. The Morgan fingerprint density at radius 3 is 1.96 bits per heavy atom. The zero-order chi connectivity index (χ0) is 17.8. The Bertz CT molecular complexity index is 782. The van der Waals surface area contributed by atoms with Crippen LogP contribution < -0.4 is 0 Å². The molecule has 1 saturated heterocycles. The molecule has 1 aliphatic heterocycles. The Labute approximate surface area is 159 Å².